The van der Waals surface area contributed by atoms with E-state index in [1.165, 1.54) is 5.56 Å². The number of nitrogens with two attached hydrogens (primary N) is 1. The van der Waals surface area contributed by atoms with Gasteiger partial charge in [-0.15, -0.1) is 0 Å². The number of guanidine groups is 1. The van der Waals surface area contributed by atoms with Crippen molar-refractivity contribution in [2.45, 2.75) is 13.5 Å². The number of pyridine rings is 1. The SMILES string of the molecule is Cc1cccc(NC(N)=NCc2ccc(-n3ccnc3)nc2)c1. The van der Waals surface area contributed by atoms with Gasteiger partial charge in [0.15, 0.2) is 5.96 Å². The molecule has 0 spiro atoms. The first kappa shape index (κ1) is 14.8. The second-order valence-corrected chi connectivity index (χ2v) is 5.19. The zero-order valence-electron chi connectivity index (χ0n) is 12.8. The van der Waals surface area contributed by atoms with E-state index in [1.54, 1.807) is 18.7 Å². The van der Waals surface area contributed by atoms with Crippen LogP contribution in [0.3, 0.4) is 0 Å². The fraction of sp³-hybridized carbons (Fsp3) is 0.118. The van der Waals surface area contributed by atoms with Crippen LogP contribution in [0.4, 0.5) is 5.69 Å². The van der Waals surface area contributed by atoms with Crippen molar-refractivity contribution in [1.29, 1.82) is 0 Å². The van der Waals surface area contributed by atoms with Gasteiger partial charge < -0.3 is 11.1 Å². The molecule has 0 fully saturated rings. The summed E-state index contributed by atoms with van der Waals surface area (Å²) in [5.41, 5.74) is 9.00. The molecule has 1 aromatic carbocycles. The third kappa shape index (κ3) is 3.94. The smallest absolute Gasteiger partial charge is 0.193 e. The highest BCUT2D eigenvalue weighted by molar-refractivity contribution is 5.92. The molecule has 0 aliphatic heterocycles. The van der Waals surface area contributed by atoms with Gasteiger partial charge in [-0.3, -0.25) is 4.57 Å². The van der Waals surface area contributed by atoms with Gasteiger partial charge in [0.2, 0.25) is 0 Å². The Morgan fingerprint density at radius 3 is 2.91 bits per heavy atom. The van der Waals surface area contributed by atoms with Crippen molar-refractivity contribution < 1.29 is 0 Å². The summed E-state index contributed by atoms with van der Waals surface area (Å²) in [6.45, 7) is 2.51. The van der Waals surface area contributed by atoms with Crippen LogP contribution < -0.4 is 11.1 Å². The van der Waals surface area contributed by atoms with E-state index in [9.17, 15) is 0 Å². The van der Waals surface area contributed by atoms with Gasteiger partial charge in [0.05, 0.1) is 6.54 Å². The summed E-state index contributed by atoms with van der Waals surface area (Å²) in [7, 11) is 0. The topological polar surface area (TPSA) is 81.1 Å². The van der Waals surface area contributed by atoms with Crippen LogP contribution in [-0.4, -0.2) is 20.5 Å². The standard InChI is InChI=1S/C17H18N6/c1-13-3-2-4-15(9-13)22-17(18)21-11-14-5-6-16(20-10-14)23-8-7-19-12-23/h2-10,12H,11H2,1H3,(H3,18,21,22). The van der Waals surface area contributed by atoms with Gasteiger partial charge in [-0.1, -0.05) is 18.2 Å². The number of nitrogens with one attached hydrogen (secondary N) is 1. The quantitative estimate of drug-likeness (QED) is 0.573. The highest BCUT2D eigenvalue weighted by Gasteiger charge is 1.99. The van der Waals surface area contributed by atoms with Crippen molar-refractivity contribution in [3.8, 4) is 5.82 Å². The lowest BCUT2D eigenvalue weighted by Gasteiger charge is -2.06. The van der Waals surface area contributed by atoms with Crippen LogP contribution >= 0.6 is 0 Å². The van der Waals surface area contributed by atoms with E-state index in [-0.39, 0.29) is 0 Å². The molecule has 0 amide bonds. The molecule has 6 nitrogen and oxygen atoms in total. The Kier molecular flexibility index (Phi) is 4.33. The number of hydrogen-bond donors (Lipinski definition) is 2. The largest absolute Gasteiger partial charge is 0.370 e. The molecule has 3 rings (SSSR count). The zero-order valence-corrected chi connectivity index (χ0v) is 12.8. The molecule has 3 N–H and O–H groups in total. The Morgan fingerprint density at radius 2 is 2.22 bits per heavy atom. The lowest BCUT2D eigenvalue weighted by atomic mass is 10.2. The Balaban J connectivity index is 1.62. The number of imidazole rings is 1. The van der Waals surface area contributed by atoms with Crippen LogP contribution in [0.1, 0.15) is 11.1 Å². The van der Waals surface area contributed by atoms with E-state index in [0.717, 1.165) is 17.1 Å². The molecule has 2 aromatic heterocycles. The van der Waals surface area contributed by atoms with Crippen molar-refractivity contribution in [2.75, 3.05) is 5.32 Å². The van der Waals surface area contributed by atoms with Crippen molar-refractivity contribution in [3.05, 3.63) is 72.4 Å². The van der Waals surface area contributed by atoms with Crippen LogP contribution in [0.5, 0.6) is 0 Å². The van der Waals surface area contributed by atoms with Crippen LogP contribution in [0.25, 0.3) is 5.82 Å². The molecule has 0 bridgehead atoms. The number of hydrogen-bond acceptors (Lipinski definition) is 3. The number of anilines is 1. The number of aromatic nitrogens is 3. The van der Waals surface area contributed by atoms with Gasteiger partial charge in [-0.2, -0.15) is 0 Å². The van der Waals surface area contributed by atoms with E-state index in [1.807, 2.05) is 54.1 Å². The molecule has 0 unspecified atom stereocenters. The monoisotopic (exact) mass is 306 g/mol. The normalized spacial score (nSPS) is 11.4. The van der Waals surface area contributed by atoms with Crippen LogP contribution in [0.15, 0.2) is 66.3 Å². The third-order valence-electron chi connectivity index (χ3n) is 3.30. The summed E-state index contributed by atoms with van der Waals surface area (Å²) < 4.78 is 1.85. The Labute approximate surface area is 134 Å². The minimum Gasteiger partial charge on any atom is -0.370 e. The number of benzene rings is 1. The van der Waals surface area contributed by atoms with Gasteiger partial charge in [-0.25, -0.2) is 15.0 Å². The first-order chi connectivity index (χ1) is 11.2. The Bertz CT molecular complexity index is 790. The van der Waals surface area contributed by atoms with Crippen LogP contribution in [-0.2, 0) is 6.54 Å². The maximum Gasteiger partial charge on any atom is 0.193 e. The molecule has 116 valence electrons. The average Bonchev–Trinajstić information content (AvgIpc) is 3.08. The molecule has 0 radical (unpaired) electrons. The predicted molar refractivity (Wildman–Crippen MR) is 91.5 cm³/mol. The molecule has 0 aliphatic carbocycles. The number of nitrogens with zero attached hydrogens (tertiary/aromatic N) is 4. The second-order valence-electron chi connectivity index (χ2n) is 5.19. The average molecular weight is 306 g/mol. The van der Waals surface area contributed by atoms with Gasteiger partial charge in [-0.05, 0) is 36.2 Å². The van der Waals surface area contributed by atoms with Crippen molar-refractivity contribution >= 4 is 11.6 Å². The van der Waals surface area contributed by atoms with E-state index >= 15 is 0 Å². The summed E-state index contributed by atoms with van der Waals surface area (Å²) in [5, 5.41) is 3.08. The summed E-state index contributed by atoms with van der Waals surface area (Å²) in [6.07, 6.45) is 7.07. The second kappa shape index (κ2) is 6.74. The summed E-state index contributed by atoms with van der Waals surface area (Å²) in [4.78, 5) is 12.7. The number of rotatable bonds is 4. The molecule has 0 atom stereocenters. The van der Waals surface area contributed by atoms with Crippen molar-refractivity contribution in [2.24, 2.45) is 10.7 Å². The van der Waals surface area contributed by atoms with Gasteiger partial charge in [0.25, 0.3) is 0 Å². The molecule has 3 aromatic rings. The maximum atomic E-state index is 5.92. The highest BCUT2D eigenvalue weighted by atomic mass is 15.1. The van der Waals surface area contributed by atoms with Gasteiger partial charge in [0, 0.05) is 24.3 Å². The minimum absolute atomic E-state index is 0.384. The maximum absolute atomic E-state index is 5.92. The number of aryl methyl sites for hydroxylation is 1. The predicted octanol–water partition coefficient (Wildman–Crippen LogP) is 2.50. The lowest BCUT2D eigenvalue weighted by molar-refractivity contribution is 0.967. The molecule has 0 aliphatic rings. The molecule has 0 saturated carbocycles. The fourth-order valence-electron chi connectivity index (χ4n) is 2.14. The molecule has 6 heteroatoms. The highest BCUT2D eigenvalue weighted by Crippen LogP contribution is 2.09. The summed E-state index contributed by atoms with van der Waals surface area (Å²) >= 11 is 0. The van der Waals surface area contributed by atoms with E-state index in [0.29, 0.717) is 12.5 Å². The summed E-state index contributed by atoms with van der Waals surface area (Å²) in [5.74, 6) is 1.20. The van der Waals surface area contributed by atoms with Crippen LogP contribution in [0.2, 0.25) is 0 Å². The van der Waals surface area contributed by atoms with E-state index in [4.69, 9.17) is 5.73 Å². The first-order valence-electron chi connectivity index (χ1n) is 7.27. The van der Waals surface area contributed by atoms with Crippen LogP contribution in [0, 0.1) is 6.92 Å². The minimum atomic E-state index is 0.384. The Morgan fingerprint density at radius 1 is 1.30 bits per heavy atom. The first-order valence-corrected chi connectivity index (χ1v) is 7.27. The van der Waals surface area contributed by atoms with Gasteiger partial charge in [0.1, 0.15) is 12.1 Å². The van der Waals surface area contributed by atoms with E-state index < -0.39 is 0 Å². The molecule has 2 heterocycles. The summed E-state index contributed by atoms with van der Waals surface area (Å²) in [6, 6.07) is 11.9. The Hall–Kier alpha value is -3.15. The molecular formula is C17H18N6. The van der Waals surface area contributed by atoms with Gasteiger partial charge >= 0.3 is 0 Å². The molecule has 23 heavy (non-hydrogen) atoms. The van der Waals surface area contributed by atoms with E-state index in [2.05, 4.69) is 20.3 Å². The third-order valence-corrected chi connectivity index (χ3v) is 3.30. The molecule has 0 saturated heterocycles. The molecular weight excluding hydrogens is 288 g/mol. The van der Waals surface area contributed by atoms with Crippen molar-refractivity contribution in [1.82, 2.24) is 14.5 Å². The fourth-order valence-corrected chi connectivity index (χ4v) is 2.14. The zero-order chi connectivity index (χ0) is 16.1. The lowest BCUT2D eigenvalue weighted by Crippen LogP contribution is -2.22. The number of aliphatic imine (C=N–C) groups is 1. The van der Waals surface area contributed by atoms with Crippen molar-refractivity contribution in [3.63, 3.8) is 0 Å².